The molecule has 212 valence electrons. The van der Waals surface area contributed by atoms with Gasteiger partial charge in [0.2, 0.25) is 12.3 Å². The number of imide groups is 2. The fraction of sp³-hybridized carbons (Fsp3) is 0.480. The van der Waals surface area contributed by atoms with Crippen LogP contribution in [0.5, 0.6) is 0 Å². The monoisotopic (exact) mass is 546 g/mol. The Bertz CT molecular complexity index is 1080. The molecule has 2 rings (SSSR count). The van der Waals surface area contributed by atoms with E-state index in [1.807, 2.05) is 12.2 Å². The molecule has 1 aliphatic rings. The average molecular weight is 547 g/mol. The summed E-state index contributed by atoms with van der Waals surface area (Å²) in [5.41, 5.74) is 8.29. The van der Waals surface area contributed by atoms with Crippen LogP contribution in [0.2, 0.25) is 0 Å². The molecule has 0 radical (unpaired) electrons. The quantitative estimate of drug-likeness (QED) is 0.0691. The van der Waals surface area contributed by atoms with E-state index in [1.54, 1.807) is 12.1 Å². The molecule has 4 amide bonds. The number of ether oxygens (including phenoxy) is 2. The van der Waals surface area contributed by atoms with Crippen LogP contribution in [0.15, 0.2) is 35.2 Å². The normalized spacial score (nSPS) is 13.6. The largest absolute Gasteiger partial charge is 0.481 e. The minimum atomic E-state index is -1.09. The van der Waals surface area contributed by atoms with Crippen molar-refractivity contribution in [3.05, 3.63) is 41.2 Å². The summed E-state index contributed by atoms with van der Waals surface area (Å²) in [5.74, 6) is -2.77. The fourth-order valence-corrected chi connectivity index (χ4v) is 3.83. The first kappa shape index (κ1) is 31.1. The molecule has 0 saturated carbocycles. The van der Waals surface area contributed by atoms with Gasteiger partial charge in [-0.15, -0.1) is 0 Å². The summed E-state index contributed by atoms with van der Waals surface area (Å²) in [4.78, 5) is 60.6. The van der Waals surface area contributed by atoms with Crippen LogP contribution in [0.3, 0.4) is 0 Å². The van der Waals surface area contributed by atoms with Gasteiger partial charge < -0.3 is 25.2 Å². The second-order valence-electron chi connectivity index (χ2n) is 8.43. The van der Waals surface area contributed by atoms with Gasteiger partial charge >= 0.3 is 5.97 Å². The number of carboxylic acid groups (broad SMARTS) is 1. The van der Waals surface area contributed by atoms with Gasteiger partial charge in [-0.1, -0.05) is 19.4 Å². The molecular weight excluding hydrogens is 512 g/mol. The third kappa shape index (κ3) is 9.26. The van der Waals surface area contributed by atoms with E-state index in [0.29, 0.717) is 37.3 Å². The maximum atomic E-state index is 13.2. The Kier molecular flexibility index (Phi) is 13.2. The number of aliphatic carboxylic acids is 1. The van der Waals surface area contributed by atoms with Crippen LogP contribution in [0.4, 0.5) is 5.69 Å². The number of rotatable bonds is 20. The van der Waals surface area contributed by atoms with E-state index in [9.17, 15) is 24.0 Å². The summed E-state index contributed by atoms with van der Waals surface area (Å²) in [5, 5.41) is 20.0. The number of amides is 4. The van der Waals surface area contributed by atoms with Crippen LogP contribution in [0.1, 0.15) is 53.3 Å². The summed E-state index contributed by atoms with van der Waals surface area (Å²) < 4.78 is 10.9. The highest BCUT2D eigenvalue weighted by atomic mass is 16.5. The zero-order chi connectivity index (χ0) is 28.6. The molecule has 0 spiro atoms. The van der Waals surface area contributed by atoms with E-state index in [0.717, 1.165) is 4.90 Å². The molecule has 1 aliphatic heterocycles. The van der Waals surface area contributed by atoms with E-state index in [4.69, 9.17) is 20.1 Å². The van der Waals surface area contributed by atoms with E-state index in [2.05, 4.69) is 15.7 Å². The lowest BCUT2D eigenvalue weighted by Crippen LogP contribution is -2.49. The summed E-state index contributed by atoms with van der Waals surface area (Å²) in [7, 11) is 0. The van der Waals surface area contributed by atoms with Gasteiger partial charge in [0.1, 0.15) is 11.7 Å². The number of benzene rings is 1. The van der Waals surface area contributed by atoms with Crippen molar-refractivity contribution in [1.82, 2.24) is 15.5 Å². The lowest BCUT2D eigenvalue weighted by Gasteiger charge is -2.24. The van der Waals surface area contributed by atoms with Crippen LogP contribution in [0.25, 0.3) is 0 Å². The van der Waals surface area contributed by atoms with E-state index >= 15 is 0 Å². The van der Waals surface area contributed by atoms with Gasteiger partial charge in [-0.2, -0.15) is 5.11 Å². The minimum absolute atomic E-state index is 0.0527. The second-order valence-corrected chi connectivity index (χ2v) is 8.43. The van der Waals surface area contributed by atoms with Gasteiger partial charge in [0.05, 0.1) is 37.6 Å². The lowest BCUT2D eigenvalue weighted by atomic mass is 10.1. The van der Waals surface area contributed by atoms with E-state index in [1.165, 1.54) is 12.3 Å². The number of hydrogen-bond donors (Lipinski definition) is 5. The smallest absolute Gasteiger partial charge is 0.303 e. The summed E-state index contributed by atoms with van der Waals surface area (Å²) >= 11 is 0. The number of nitrogens with zero attached hydrogens (tertiary/aromatic N) is 2. The van der Waals surface area contributed by atoms with Gasteiger partial charge in [-0.25, -0.2) is 5.53 Å². The molecule has 0 aliphatic carbocycles. The predicted molar refractivity (Wildman–Crippen MR) is 138 cm³/mol. The highest BCUT2D eigenvalue weighted by molar-refractivity contribution is 6.25. The molecule has 1 aromatic rings. The van der Waals surface area contributed by atoms with Crippen molar-refractivity contribution in [3.8, 4) is 0 Å². The number of hydrogen-bond acceptors (Lipinski definition) is 11. The molecular formula is C25H34N6O8. The van der Waals surface area contributed by atoms with Gasteiger partial charge in [0.15, 0.2) is 0 Å². The van der Waals surface area contributed by atoms with Crippen molar-refractivity contribution in [2.75, 3.05) is 44.8 Å². The molecule has 1 unspecified atom stereocenters. The molecule has 0 saturated heterocycles. The maximum Gasteiger partial charge on any atom is 0.303 e. The van der Waals surface area contributed by atoms with E-state index < -0.39 is 29.7 Å². The first-order valence-corrected chi connectivity index (χ1v) is 12.5. The van der Waals surface area contributed by atoms with Crippen LogP contribution in [0, 0.1) is 5.53 Å². The number of fused-ring (bicyclic) bond motifs is 1. The molecule has 1 aromatic carbocycles. The average Bonchev–Trinajstić information content (AvgIpc) is 3.17. The maximum absolute atomic E-state index is 13.2. The Labute approximate surface area is 225 Å². The van der Waals surface area contributed by atoms with Crippen LogP contribution in [-0.4, -0.2) is 85.7 Å². The first-order valence-electron chi connectivity index (χ1n) is 12.5. The van der Waals surface area contributed by atoms with Crippen molar-refractivity contribution >= 4 is 35.8 Å². The van der Waals surface area contributed by atoms with Crippen molar-refractivity contribution in [2.45, 2.75) is 38.6 Å². The lowest BCUT2D eigenvalue weighted by molar-refractivity contribution is -0.137. The molecule has 1 atom stereocenters. The van der Waals surface area contributed by atoms with Gasteiger partial charge in [-0.05, 0) is 25.0 Å². The third-order valence-corrected chi connectivity index (χ3v) is 5.63. The molecule has 0 bridgehead atoms. The van der Waals surface area contributed by atoms with Crippen molar-refractivity contribution in [1.29, 1.82) is 5.53 Å². The van der Waals surface area contributed by atoms with Crippen molar-refractivity contribution in [2.24, 2.45) is 5.11 Å². The van der Waals surface area contributed by atoms with Crippen LogP contribution in [-0.2, 0) is 23.9 Å². The van der Waals surface area contributed by atoms with Crippen LogP contribution < -0.4 is 16.0 Å². The molecule has 14 nitrogen and oxygen atoms in total. The summed E-state index contributed by atoms with van der Waals surface area (Å²) in [6.45, 7) is 3.45. The summed E-state index contributed by atoms with van der Waals surface area (Å²) in [6.07, 6.45) is 2.98. The zero-order valence-electron chi connectivity index (χ0n) is 21.7. The Balaban J connectivity index is 1.79. The molecule has 1 heterocycles. The Morgan fingerprint density at radius 2 is 1.92 bits per heavy atom. The number of carbonyl (C=O) groups excluding carboxylic acids is 4. The fourth-order valence-electron chi connectivity index (χ4n) is 3.83. The highest BCUT2D eigenvalue weighted by Gasteiger charge is 2.43. The van der Waals surface area contributed by atoms with Gasteiger partial charge in [0.25, 0.3) is 11.8 Å². The predicted octanol–water partition coefficient (Wildman–Crippen LogP) is 1.50. The standard InChI is InChI=1S/C25H34N6O8/c1-2-5-20(23(35)29-16-32)31-24(36)18-6-3-7-19(22(18)25(31)37)28-10-11-38-12-13-39-15-17(30-26)14-27-9-4-8-21(33)34/h3,6-7,14,16,20,26-28H,2,4-5,8-13,15H2,1H3,(H,33,34)(H,29,32,35)/b17-14-,30-26?. The first-order chi connectivity index (χ1) is 18.8. The third-order valence-electron chi connectivity index (χ3n) is 5.63. The van der Waals surface area contributed by atoms with Gasteiger partial charge in [0, 0.05) is 31.4 Å². The van der Waals surface area contributed by atoms with Gasteiger partial charge in [-0.3, -0.25) is 34.2 Å². The van der Waals surface area contributed by atoms with Crippen molar-refractivity contribution in [3.63, 3.8) is 0 Å². The molecule has 5 N–H and O–H groups in total. The Hall–Kier alpha value is -4.17. The van der Waals surface area contributed by atoms with Crippen molar-refractivity contribution < 1.29 is 38.6 Å². The Morgan fingerprint density at radius 1 is 1.15 bits per heavy atom. The topological polar surface area (TPSA) is 200 Å². The van der Waals surface area contributed by atoms with Crippen LogP contribution >= 0.6 is 0 Å². The molecule has 39 heavy (non-hydrogen) atoms. The highest BCUT2D eigenvalue weighted by Crippen LogP contribution is 2.31. The SMILES string of the molecule is CCCC(C(=O)NC=O)N1C(=O)c2cccc(NCCOCCOC/C(=C/NCCCC(=O)O)N=N)c2C1=O. The zero-order valence-corrected chi connectivity index (χ0v) is 21.7. The van der Waals surface area contributed by atoms with E-state index in [-0.39, 0.29) is 56.8 Å². The second kappa shape index (κ2) is 16.6. The number of anilines is 1. The minimum Gasteiger partial charge on any atom is -0.481 e. The molecule has 14 heteroatoms. The molecule has 0 fully saturated rings. The Morgan fingerprint density at radius 3 is 2.62 bits per heavy atom. The number of nitrogens with one attached hydrogen (secondary N) is 4. The number of carbonyl (C=O) groups is 5. The summed E-state index contributed by atoms with van der Waals surface area (Å²) in [6, 6.07) is 3.72. The molecule has 0 aromatic heterocycles. The number of carboxylic acids is 1.